The maximum Gasteiger partial charge on any atom is 0.240 e. The number of aryl methyl sites for hydroxylation is 2. The molecule has 0 unspecified atom stereocenters. The number of hydrogen-bond acceptors (Lipinski definition) is 3. The summed E-state index contributed by atoms with van der Waals surface area (Å²) >= 11 is 5.87. The number of anilines is 1. The van der Waals surface area contributed by atoms with Gasteiger partial charge in [0.1, 0.15) is 0 Å². The molecule has 6 heteroatoms. The Hall–Kier alpha value is -1.56. The normalized spacial score (nSPS) is 20.7. The van der Waals surface area contributed by atoms with Crippen molar-refractivity contribution in [1.82, 2.24) is 4.72 Å². The van der Waals surface area contributed by atoms with E-state index in [1.807, 2.05) is 0 Å². The van der Waals surface area contributed by atoms with E-state index < -0.39 is 10.0 Å². The van der Waals surface area contributed by atoms with Crippen LogP contribution in [-0.4, -0.2) is 20.5 Å². The Balaban J connectivity index is 1.77. The predicted octanol–water partition coefficient (Wildman–Crippen LogP) is 4.66. The molecule has 0 radical (unpaired) electrons. The lowest BCUT2D eigenvalue weighted by Gasteiger charge is -2.33. The molecule has 0 saturated heterocycles. The van der Waals surface area contributed by atoms with Crippen molar-refractivity contribution < 1.29 is 8.42 Å². The van der Waals surface area contributed by atoms with Crippen LogP contribution in [0.2, 0.25) is 5.02 Å². The number of benzene rings is 2. The van der Waals surface area contributed by atoms with E-state index in [9.17, 15) is 8.42 Å². The molecule has 2 aromatic carbocycles. The zero-order valence-corrected chi connectivity index (χ0v) is 16.7. The number of sulfonamides is 1. The van der Waals surface area contributed by atoms with Gasteiger partial charge in [-0.15, -0.1) is 0 Å². The van der Waals surface area contributed by atoms with Crippen LogP contribution in [0.5, 0.6) is 0 Å². The first kappa shape index (κ1) is 19.2. The van der Waals surface area contributed by atoms with Crippen LogP contribution in [-0.2, 0) is 10.0 Å². The standard InChI is InChI=1S/C20H25ClN2O2S/c1-14-7-12-18(15(2)13-14)22-19-5-3-4-6-20(19)23-26(24,25)17-10-8-16(21)9-11-17/h7-13,19-20,22-23H,3-6H2,1-2H3/t19-,20-/m1/s1. The zero-order valence-electron chi connectivity index (χ0n) is 15.1. The highest BCUT2D eigenvalue weighted by Crippen LogP contribution is 2.26. The molecule has 2 N–H and O–H groups in total. The predicted molar refractivity (Wildman–Crippen MR) is 107 cm³/mol. The fourth-order valence-electron chi connectivity index (χ4n) is 3.50. The smallest absolute Gasteiger partial charge is 0.240 e. The molecule has 0 amide bonds. The van der Waals surface area contributed by atoms with Gasteiger partial charge in [-0.1, -0.05) is 42.1 Å². The van der Waals surface area contributed by atoms with Gasteiger partial charge < -0.3 is 5.32 Å². The zero-order chi connectivity index (χ0) is 18.7. The SMILES string of the molecule is Cc1ccc(N[C@@H]2CCCC[C@H]2NS(=O)(=O)c2ccc(Cl)cc2)c(C)c1. The molecular formula is C20H25ClN2O2S. The minimum absolute atomic E-state index is 0.0761. The van der Waals surface area contributed by atoms with Crippen LogP contribution in [0.3, 0.4) is 0 Å². The maximum atomic E-state index is 12.7. The van der Waals surface area contributed by atoms with E-state index in [0.29, 0.717) is 5.02 Å². The van der Waals surface area contributed by atoms with Gasteiger partial charge in [0, 0.05) is 22.8 Å². The number of hydrogen-bond donors (Lipinski definition) is 2. The van der Waals surface area contributed by atoms with Gasteiger partial charge in [0.25, 0.3) is 0 Å². The largest absolute Gasteiger partial charge is 0.380 e. The first-order valence-corrected chi connectivity index (χ1v) is 10.8. The molecule has 140 valence electrons. The lowest BCUT2D eigenvalue weighted by molar-refractivity contribution is 0.378. The lowest BCUT2D eigenvalue weighted by atomic mass is 9.90. The summed E-state index contributed by atoms with van der Waals surface area (Å²) in [6.45, 7) is 4.14. The molecule has 1 saturated carbocycles. The minimum Gasteiger partial charge on any atom is -0.380 e. The summed E-state index contributed by atoms with van der Waals surface area (Å²) in [6, 6.07) is 12.5. The molecule has 4 nitrogen and oxygen atoms in total. The van der Waals surface area contributed by atoms with Gasteiger partial charge in [0.05, 0.1) is 4.90 Å². The first-order chi connectivity index (χ1) is 12.3. The molecule has 0 aliphatic heterocycles. The van der Waals surface area contributed by atoms with Gasteiger partial charge in [0.15, 0.2) is 0 Å². The van der Waals surface area contributed by atoms with Crippen LogP contribution < -0.4 is 10.0 Å². The Morgan fingerprint density at radius 3 is 2.27 bits per heavy atom. The Bertz CT molecular complexity index is 866. The summed E-state index contributed by atoms with van der Waals surface area (Å²) in [5.74, 6) is 0. The number of halogens is 1. The van der Waals surface area contributed by atoms with Crippen LogP contribution in [0.1, 0.15) is 36.8 Å². The monoisotopic (exact) mass is 392 g/mol. The van der Waals surface area contributed by atoms with Crippen molar-refractivity contribution in [1.29, 1.82) is 0 Å². The van der Waals surface area contributed by atoms with Gasteiger partial charge in [0.2, 0.25) is 10.0 Å². The Labute approximate surface area is 161 Å². The Kier molecular flexibility index (Phi) is 5.90. The van der Waals surface area contributed by atoms with E-state index >= 15 is 0 Å². The minimum atomic E-state index is -3.57. The second-order valence-electron chi connectivity index (χ2n) is 7.04. The molecule has 0 bridgehead atoms. The molecule has 1 aliphatic rings. The third kappa shape index (κ3) is 4.58. The van der Waals surface area contributed by atoms with Crippen molar-refractivity contribution >= 4 is 27.3 Å². The molecule has 3 rings (SSSR count). The molecule has 0 spiro atoms. The second kappa shape index (κ2) is 7.99. The van der Waals surface area contributed by atoms with Crippen LogP contribution >= 0.6 is 11.6 Å². The molecule has 26 heavy (non-hydrogen) atoms. The Morgan fingerprint density at radius 2 is 1.62 bits per heavy atom. The van der Waals surface area contributed by atoms with Crippen LogP contribution in [0, 0.1) is 13.8 Å². The number of rotatable bonds is 5. The lowest BCUT2D eigenvalue weighted by Crippen LogP contribution is -2.48. The average molecular weight is 393 g/mol. The fourth-order valence-corrected chi connectivity index (χ4v) is 4.94. The van der Waals surface area contributed by atoms with Crippen molar-refractivity contribution in [3.8, 4) is 0 Å². The summed E-state index contributed by atoms with van der Waals surface area (Å²) in [5, 5.41) is 4.09. The molecule has 2 atom stereocenters. The van der Waals surface area contributed by atoms with Gasteiger partial charge in [-0.25, -0.2) is 13.1 Å². The first-order valence-electron chi connectivity index (χ1n) is 8.97. The average Bonchev–Trinajstić information content (AvgIpc) is 2.59. The van der Waals surface area contributed by atoms with Crippen molar-refractivity contribution in [2.45, 2.75) is 56.5 Å². The highest BCUT2D eigenvalue weighted by atomic mass is 35.5. The molecule has 1 fully saturated rings. The maximum absolute atomic E-state index is 12.7. The van der Waals surface area contributed by atoms with Crippen molar-refractivity contribution in [3.63, 3.8) is 0 Å². The molecule has 0 heterocycles. The van der Waals surface area contributed by atoms with Gasteiger partial charge in [-0.2, -0.15) is 0 Å². The van der Waals surface area contributed by atoms with Gasteiger partial charge in [-0.05, 0) is 62.6 Å². The summed E-state index contributed by atoms with van der Waals surface area (Å²) in [6.07, 6.45) is 3.90. The van der Waals surface area contributed by atoms with E-state index in [0.717, 1.165) is 31.4 Å². The van der Waals surface area contributed by atoms with E-state index in [-0.39, 0.29) is 17.0 Å². The van der Waals surface area contributed by atoms with Crippen molar-refractivity contribution in [3.05, 3.63) is 58.6 Å². The summed E-state index contributed by atoms with van der Waals surface area (Å²) < 4.78 is 28.4. The third-order valence-corrected chi connectivity index (χ3v) is 6.68. The van der Waals surface area contributed by atoms with E-state index in [1.54, 1.807) is 24.3 Å². The van der Waals surface area contributed by atoms with Gasteiger partial charge in [-0.3, -0.25) is 0 Å². The van der Waals surface area contributed by atoms with E-state index in [1.165, 1.54) is 11.1 Å². The fraction of sp³-hybridized carbons (Fsp3) is 0.400. The van der Waals surface area contributed by atoms with Crippen LogP contribution in [0.15, 0.2) is 47.4 Å². The molecule has 0 aromatic heterocycles. The van der Waals surface area contributed by atoms with E-state index in [2.05, 4.69) is 42.1 Å². The second-order valence-corrected chi connectivity index (χ2v) is 9.19. The van der Waals surface area contributed by atoms with Gasteiger partial charge >= 0.3 is 0 Å². The van der Waals surface area contributed by atoms with Crippen LogP contribution in [0.4, 0.5) is 5.69 Å². The number of nitrogens with one attached hydrogen (secondary N) is 2. The summed E-state index contributed by atoms with van der Waals surface area (Å²) in [7, 11) is -3.57. The quantitative estimate of drug-likeness (QED) is 0.778. The highest BCUT2D eigenvalue weighted by Gasteiger charge is 2.29. The topological polar surface area (TPSA) is 58.2 Å². The third-order valence-electron chi connectivity index (χ3n) is 4.92. The highest BCUT2D eigenvalue weighted by molar-refractivity contribution is 7.89. The van der Waals surface area contributed by atoms with Crippen LogP contribution in [0.25, 0.3) is 0 Å². The summed E-state index contributed by atoms with van der Waals surface area (Å²) in [5.41, 5.74) is 3.46. The Morgan fingerprint density at radius 1 is 0.962 bits per heavy atom. The van der Waals surface area contributed by atoms with Crippen molar-refractivity contribution in [2.75, 3.05) is 5.32 Å². The summed E-state index contributed by atoms with van der Waals surface area (Å²) in [4.78, 5) is 0.248. The molecule has 2 aromatic rings. The van der Waals surface area contributed by atoms with E-state index in [4.69, 9.17) is 11.6 Å². The van der Waals surface area contributed by atoms with Crippen molar-refractivity contribution in [2.24, 2.45) is 0 Å². The molecular weight excluding hydrogens is 368 g/mol. The molecule has 1 aliphatic carbocycles.